The van der Waals surface area contributed by atoms with Gasteiger partial charge in [-0.05, 0) is 44.5 Å². The largest absolute Gasteiger partial charge is 0.357 e. The molecule has 8 heteroatoms. The van der Waals surface area contributed by atoms with Crippen molar-refractivity contribution in [3.05, 3.63) is 40.7 Å². The Morgan fingerprint density at radius 3 is 2.55 bits per heavy atom. The molecule has 1 unspecified atom stereocenters. The topological polar surface area (TPSA) is 63.7 Å². The summed E-state index contributed by atoms with van der Waals surface area (Å²) in [5.74, 6) is 0.925. The molecule has 2 aromatic rings. The molecule has 7 nitrogen and oxygen atoms in total. The van der Waals surface area contributed by atoms with Gasteiger partial charge in [0.25, 0.3) is 0 Å². The van der Waals surface area contributed by atoms with Gasteiger partial charge >= 0.3 is 6.03 Å². The number of aromatic nitrogens is 1. The third kappa shape index (κ3) is 5.91. The molecule has 158 valence electrons. The predicted octanol–water partition coefficient (Wildman–Crippen LogP) is 3.10. The van der Waals surface area contributed by atoms with E-state index in [-0.39, 0.29) is 12.1 Å². The van der Waals surface area contributed by atoms with Crippen LogP contribution in [0.15, 0.2) is 35.8 Å². The van der Waals surface area contributed by atoms with E-state index in [2.05, 4.69) is 68.7 Å². The lowest BCUT2D eigenvalue weighted by Gasteiger charge is -2.37. The Hall–Kier alpha value is -2.16. The Morgan fingerprint density at radius 2 is 1.97 bits per heavy atom. The molecule has 2 N–H and O–H groups in total. The zero-order valence-electron chi connectivity index (χ0n) is 17.6. The van der Waals surface area contributed by atoms with Crippen LogP contribution < -0.4 is 15.5 Å². The van der Waals surface area contributed by atoms with Gasteiger partial charge in [0.05, 0.1) is 17.9 Å². The van der Waals surface area contributed by atoms with Gasteiger partial charge in [0.1, 0.15) is 5.82 Å². The monoisotopic (exact) mass is 416 g/mol. The molecule has 3 rings (SSSR count). The fraction of sp³-hybridized carbons (Fsp3) is 0.524. The molecule has 1 aliphatic heterocycles. The molecule has 0 radical (unpaired) electrons. The summed E-state index contributed by atoms with van der Waals surface area (Å²) in [6, 6.07) is 8.09. The summed E-state index contributed by atoms with van der Waals surface area (Å²) in [5.41, 5.74) is 0.700. The first-order valence-corrected chi connectivity index (χ1v) is 11.2. The second-order valence-corrected chi connectivity index (χ2v) is 8.26. The number of thiophene rings is 1. The van der Waals surface area contributed by atoms with Crippen molar-refractivity contribution in [1.29, 1.82) is 0 Å². The minimum atomic E-state index is -0.196. The molecule has 3 heterocycles. The van der Waals surface area contributed by atoms with Crippen molar-refractivity contribution in [2.45, 2.75) is 19.9 Å². The molecule has 1 fully saturated rings. The van der Waals surface area contributed by atoms with E-state index < -0.39 is 0 Å². The number of amides is 2. The van der Waals surface area contributed by atoms with E-state index in [0.29, 0.717) is 12.2 Å². The number of hydrogen-bond donors (Lipinski definition) is 2. The minimum Gasteiger partial charge on any atom is -0.357 e. The predicted molar refractivity (Wildman–Crippen MR) is 121 cm³/mol. The van der Waals surface area contributed by atoms with E-state index in [9.17, 15) is 4.79 Å². The van der Waals surface area contributed by atoms with Crippen molar-refractivity contribution in [2.75, 3.05) is 63.1 Å². The summed E-state index contributed by atoms with van der Waals surface area (Å²) in [6.45, 7) is 10.8. The van der Waals surface area contributed by atoms with Gasteiger partial charge in [0.15, 0.2) is 0 Å². The van der Waals surface area contributed by atoms with E-state index in [4.69, 9.17) is 0 Å². The van der Waals surface area contributed by atoms with Crippen molar-refractivity contribution < 1.29 is 4.79 Å². The summed E-state index contributed by atoms with van der Waals surface area (Å²) in [6.07, 6.45) is 1.71. The number of pyridine rings is 1. The van der Waals surface area contributed by atoms with Crippen molar-refractivity contribution in [3.8, 4) is 0 Å². The van der Waals surface area contributed by atoms with Gasteiger partial charge in [-0.1, -0.05) is 6.07 Å². The number of piperazine rings is 1. The van der Waals surface area contributed by atoms with Crippen LogP contribution in [0.1, 0.15) is 24.8 Å². The Morgan fingerprint density at radius 1 is 1.21 bits per heavy atom. The highest BCUT2D eigenvalue weighted by Gasteiger charge is 2.25. The number of nitrogens with zero attached hydrogens (tertiary/aromatic N) is 4. The Bertz CT molecular complexity index is 739. The number of nitrogens with one attached hydrogen (secondary N) is 2. The molecule has 0 aromatic carbocycles. The van der Waals surface area contributed by atoms with E-state index in [1.807, 2.05) is 12.1 Å². The summed E-state index contributed by atoms with van der Waals surface area (Å²) in [7, 11) is 2.16. The molecule has 1 saturated heterocycles. The average Bonchev–Trinajstić information content (AvgIpc) is 3.26. The molecule has 0 bridgehead atoms. The van der Waals surface area contributed by atoms with Crippen molar-refractivity contribution >= 4 is 28.9 Å². The fourth-order valence-corrected chi connectivity index (χ4v) is 4.44. The summed E-state index contributed by atoms with van der Waals surface area (Å²) >= 11 is 1.75. The number of carbonyl (C=O) groups excluding carboxylic acids is 1. The lowest BCUT2D eigenvalue weighted by atomic mass is 10.1. The Balaban J connectivity index is 1.56. The number of anilines is 2. The molecule has 0 aliphatic carbocycles. The number of carbonyl (C=O) groups is 1. The molecule has 1 aliphatic rings. The molecule has 2 aromatic heterocycles. The summed E-state index contributed by atoms with van der Waals surface area (Å²) in [5, 5.41) is 8.05. The average molecular weight is 417 g/mol. The maximum absolute atomic E-state index is 12.5. The van der Waals surface area contributed by atoms with Crippen LogP contribution in [0.3, 0.4) is 0 Å². The van der Waals surface area contributed by atoms with Crippen molar-refractivity contribution in [2.24, 2.45) is 0 Å². The second kappa shape index (κ2) is 10.6. The van der Waals surface area contributed by atoms with Gasteiger partial charge in [-0.3, -0.25) is 4.90 Å². The van der Waals surface area contributed by atoms with Crippen LogP contribution in [0.4, 0.5) is 16.3 Å². The van der Waals surface area contributed by atoms with Gasteiger partial charge in [0, 0.05) is 50.7 Å². The first-order chi connectivity index (χ1) is 14.1. The Labute approximate surface area is 177 Å². The number of hydrogen-bond acceptors (Lipinski definition) is 6. The quantitative estimate of drug-likeness (QED) is 0.692. The normalized spacial score (nSPS) is 16.4. The van der Waals surface area contributed by atoms with E-state index >= 15 is 0 Å². The van der Waals surface area contributed by atoms with Gasteiger partial charge in [-0.15, -0.1) is 11.3 Å². The van der Waals surface area contributed by atoms with Gasteiger partial charge in [-0.25, -0.2) is 9.78 Å². The van der Waals surface area contributed by atoms with Crippen LogP contribution in [-0.4, -0.2) is 73.7 Å². The Kier molecular flexibility index (Phi) is 7.85. The SMILES string of the molecule is CCN(CC)c1ccc(NC(=O)NCC(c2cccs2)N2CCN(C)CC2)cn1. The van der Waals surface area contributed by atoms with Crippen LogP contribution in [-0.2, 0) is 0 Å². The van der Waals surface area contributed by atoms with Crippen LogP contribution in [0.25, 0.3) is 0 Å². The third-order valence-electron chi connectivity index (χ3n) is 5.40. The molecule has 0 spiro atoms. The highest BCUT2D eigenvalue weighted by molar-refractivity contribution is 7.10. The smallest absolute Gasteiger partial charge is 0.319 e. The van der Waals surface area contributed by atoms with Crippen molar-refractivity contribution in [3.63, 3.8) is 0 Å². The fourth-order valence-electron chi connectivity index (χ4n) is 3.58. The van der Waals surface area contributed by atoms with E-state index in [1.165, 1.54) is 4.88 Å². The molecule has 2 amide bonds. The highest BCUT2D eigenvalue weighted by Crippen LogP contribution is 2.25. The molecular weight excluding hydrogens is 384 g/mol. The zero-order valence-corrected chi connectivity index (χ0v) is 18.4. The maximum Gasteiger partial charge on any atom is 0.319 e. The van der Waals surface area contributed by atoms with E-state index in [0.717, 1.165) is 45.1 Å². The molecular formula is C21H32N6OS. The van der Waals surface area contributed by atoms with Gasteiger partial charge in [0.2, 0.25) is 0 Å². The summed E-state index contributed by atoms with van der Waals surface area (Å²) < 4.78 is 0. The zero-order chi connectivity index (χ0) is 20.6. The van der Waals surface area contributed by atoms with Crippen LogP contribution in [0.5, 0.6) is 0 Å². The van der Waals surface area contributed by atoms with Gasteiger partial charge < -0.3 is 20.4 Å². The molecule has 1 atom stereocenters. The van der Waals surface area contributed by atoms with E-state index in [1.54, 1.807) is 17.5 Å². The maximum atomic E-state index is 12.5. The lowest BCUT2D eigenvalue weighted by molar-refractivity contribution is 0.113. The number of likely N-dealkylation sites (N-methyl/N-ethyl adjacent to an activating group) is 1. The first-order valence-electron chi connectivity index (χ1n) is 10.3. The van der Waals surface area contributed by atoms with Crippen LogP contribution in [0, 0.1) is 0 Å². The third-order valence-corrected chi connectivity index (χ3v) is 6.37. The summed E-state index contributed by atoms with van der Waals surface area (Å²) in [4.78, 5) is 25.2. The molecule has 29 heavy (non-hydrogen) atoms. The molecule has 0 saturated carbocycles. The van der Waals surface area contributed by atoms with Gasteiger partial charge in [-0.2, -0.15) is 0 Å². The first kappa shape index (κ1) is 21.5. The van der Waals surface area contributed by atoms with Crippen LogP contribution in [0.2, 0.25) is 0 Å². The van der Waals surface area contributed by atoms with Crippen molar-refractivity contribution in [1.82, 2.24) is 20.1 Å². The standard InChI is InChI=1S/C21H32N6OS/c1-4-26(5-2)20-9-8-17(15-22-20)24-21(28)23-16-18(19-7-6-14-29-19)27-12-10-25(3)11-13-27/h6-9,14-15,18H,4-5,10-13,16H2,1-3H3,(H2,23,24,28). The van der Waals surface area contributed by atoms with Crippen LogP contribution >= 0.6 is 11.3 Å². The second-order valence-electron chi connectivity index (χ2n) is 7.28. The minimum absolute atomic E-state index is 0.196. The lowest BCUT2D eigenvalue weighted by Crippen LogP contribution is -2.48. The highest BCUT2D eigenvalue weighted by atomic mass is 32.1. The number of rotatable bonds is 8. The number of urea groups is 1.